The average Bonchev–Trinajstić information content (AvgIpc) is 3.31. The van der Waals surface area contributed by atoms with E-state index in [1.807, 2.05) is 0 Å². The zero-order valence-electron chi connectivity index (χ0n) is 22.1. The van der Waals surface area contributed by atoms with Gasteiger partial charge >= 0.3 is 6.09 Å². The van der Waals surface area contributed by atoms with E-state index in [0.29, 0.717) is 13.1 Å². The zero-order chi connectivity index (χ0) is 28.2. The molecule has 1 aromatic carbocycles. The maximum Gasteiger partial charge on any atom is 0.435 e. The van der Waals surface area contributed by atoms with Crippen molar-refractivity contribution in [2.45, 2.75) is 45.8 Å². The Hall–Kier alpha value is -4.52. The van der Waals surface area contributed by atoms with Crippen molar-refractivity contribution in [2.75, 3.05) is 25.0 Å². The molecule has 2 amide bonds. The lowest BCUT2D eigenvalue weighted by atomic mass is 10.2. The van der Waals surface area contributed by atoms with Crippen LogP contribution in [0.1, 0.15) is 55.0 Å². The number of hydrogen-bond donors (Lipinski definition) is 2. The number of likely N-dealkylation sites (tertiary alicyclic amines) is 1. The van der Waals surface area contributed by atoms with Crippen molar-refractivity contribution in [1.29, 1.82) is 0 Å². The van der Waals surface area contributed by atoms with E-state index in [-0.39, 0.29) is 47.0 Å². The summed E-state index contributed by atoms with van der Waals surface area (Å²) in [6.45, 7) is 8.01. The number of hydrogen-bond acceptors (Lipinski definition) is 10. The minimum atomic E-state index is -0.705. The summed E-state index contributed by atoms with van der Waals surface area (Å²) >= 11 is 0. The highest BCUT2D eigenvalue weighted by atomic mass is 16.6. The van der Waals surface area contributed by atoms with Crippen molar-refractivity contribution < 1.29 is 33.7 Å². The number of aliphatic hydroxyl groups is 1. The summed E-state index contributed by atoms with van der Waals surface area (Å²) < 4.78 is 17.7. The molecule has 2 aromatic heterocycles. The molecule has 1 fully saturated rings. The molecule has 2 N–H and O–H groups in total. The number of amides is 2. The first kappa shape index (κ1) is 27.5. The lowest BCUT2D eigenvalue weighted by Gasteiger charge is -2.30. The fraction of sp³-hybridized carbons (Fsp3) is 0.385. The molecule has 1 aliphatic heterocycles. The van der Waals surface area contributed by atoms with Crippen LogP contribution in [0.2, 0.25) is 0 Å². The molecule has 0 bridgehead atoms. The smallest absolute Gasteiger partial charge is 0.435 e. The Kier molecular flexibility index (Phi) is 8.10. The number of carbonyl (C=O) groups is 3. The molecule has 1 unspecified atom stereocenters. The van der Waals surface area contributed by atoms with Crippen molar-refractivity contribution in [3.8, 4) is 17.4 Å². The van der Waals surface area contributed by atoms with Gasteiger partial charge in [0.2, 0.25) is 5.88 Å². The Balaban J connectivity index is 1.51. The van der Waals surface area contributed by atoms with Crippen LogP contribution in [-0.2, 0) is 4.74 Å². The van der Waals surface area contributed by atoms with Crippen LogP contribution in [0.3, 0.4) is 0 Å². The number of benzene rings is 1. The van der Waals surface area contributed by atoms with E-state index in [1.54, 1.807) is 32.6 Å². The van der Waals surface area contributed by atoms with E-state index >= 15 is 0 Å². The maximum atomic E-state index is 13.0. The van der Waals surface area contributed by atoms with Crippen molar-refractivity contribution in [2.24, 2.45) is 0 Å². The molecule has 0 radical (unpaired) electrons. The Morgan fingerprint density at radius 3 is 2.46 bits per heavy atom. The third-order valence-corrected chi connectivity index (χ3v) is 5.36. The molecule has 0 spiro atoms. The monoisotopic (exact) mass is 538 g/mol. The van der Waals surface area contributed by atoms with E-state index < -0.39 is 23.7 Å². The van der Waals surface area contributed by atoms with Gasteiger partial charge in [0.25, 0.3) is 11.8 Å². The SMILES string of the molecule is CC(CO)Oc1cc(Oc2cnc(C(=O)N3CCC3)cn2)cc(C(=O)Nc2ccn(C(=O)OC(C)(C)C)n2)c1. The normalized spacial score (nSPS) is 13.7. The summed E-state index contributed by atoms with van der Waals surface area (Å²) in [4.78, 5) is 47.5. The van der Waals surface area contributed by atoms with Crippen LogP contribution in [0.4, 0.5) is 10.6 Å². The van der Waals surface area contributed by atoms with Gasteiger partial charge in [-0.05, 0) is 46.2 Å². The standard InChI is InChI=1S/C26H30N6O7/c1-16(15-33)37-18-10-17(23(34)29-21-6-9-32(30-21)25(36)39-26(2,3)4)11-19(12-18)38-22-14-27-20(13-28-22)24(35)31-7-5-8-31/h6,9-14,16,33H,5,7-8,15H2,1-4H3,(H,29,30,34). The van der Waals surface area contributed by atoms with Gasteiger partial charge in [-0.3, -0.25) is 9.59 Å². The summed E-state index contributed by atoms with van der Waals surface area (Å²) in [7, 11) is 0. The molecular weight excluding hydrogens is 508 g/mol. The van der Waals surface area contributed by atoms with Crippen LogP contribution in [0.5, 0.6) is 17.4 Å². The first-order valence-corrected chi connectivity index (χ1v) is 12.3. The summed E-state index contributed by atoms with van der Waals surface area (Å²) in [5.41, 5.74) is -0.345. The van der Waals surface area contributed by atoms with Gasteiger partial charge in [0, 0.05) is 37.0 Å². The second kappa shape index (κ2) is 11.5. The van der Waals surface area contributed by atoms with Crippen LogP contribution in [0, 0.1) is 0 Å². The van der Waals surface area contributed by atoms with E-state index in [0.717, 1.165) is 11.1 Å². The average molecular weight is 539 g/mol. The van der Waals surface area contributed by atoms with E-state index in [2.05, 4.69) is 20.4 Å². The molecule has 13 nitrogen and oxygen atoms in total. The first-order chi connectivity index (χ1) is 18.5. The Morgan fingerprint density at radius 1 is 1.10 bits per heavy atom. The van der Waals surface area contributed by atoms with E-state index in [4.69, 9.17) is 14.2 Å². The molecule has 3 aromatic rings. The van der Waals surface area contributed by atoms with Crippen molar-refractivity contribution in [3.05, 3.63) is 54.1 Å². The molecule has 13 heteroatoms. The Labute approximate surface area is 224 Å². The van der Waals surface area contributed by atoms with Crippen LogP contribution >= 0.6 is 0 Å². The van der Waals surface area contributed by atoms with Gasteiger partial charge in [-0.25, -0.2) is 14.8 Å². The third-order valence-electron chi connectivity index (χ3n) is 5.36. The highest BCUT2D eigenvalue weighted by Gasteiger charge is 2.23. The van der Waals surface area contributed by atoms with Crippen LogP contribution < -0.4 is 14.8 Å². The molecule has 4 rings (SSSR count). The zero-order valence-corrected chi connectivity index (χ0v) is 22.1. The Bertz CT molecular complexity index is 1350. The second-order valence-electron chi connectivity index (χ2n) is 9.87. The first-order valence-electron chi connectivity index (χ1n) is 12.3. The lowest BCUT2D eigenvalue weighted by Crippen LogP contribution is -2.42. The molecule has 1 aliphatic rings. The molecule has 3 heterocycles. The van der Waals surface area contributed by atoms with E-state index in [1.165, 1.54) is 42.9 Å². The summed E-state index contributed by atoms with van der Waals surface area (Å²) in [5.74, 6) is -0.0596. The summed E-state index contributed by atoms with van der Waals surface area (Å²) in [6, 6.07) is 5.91. The number of anilines is 1. The van der Waals surface area contributed by atoms with Gasteiger partial charge in [0.15, 0.2) is 5.82 Å². The minimum Gasteiger partial charge on any atom is -0.488 e. The number of nitrogens with one attached hydrogen (secondary N) is 1. The molecule has 1 saturated heterocycles. The van der Waals surface area contributed by atoms with Gasteiger partial charge in [0.05, 0.1) is 19.0 Å². The number of ether oxygens (including phenoxy) is 3. The topological polar surface area (TPSA) is 158 Å². The highest BCUT2D eigenvalue weighted by Crippen LogP contribution is 2.28. The Morgan fingerprint density at radius 2 is 1.85 bits per heavy atom. The van der Waals surface area contributed by atoms with Crippen molar-refractivity contribution in [1.82, 2.24) is 24.6 Å². The molecule has 39 heavy (non-hydrogen) atoms. The van der Waals surface area contributed by atoms with Gasteiger partial charge < -0.3 is 29.5 Å². The molecule has 206 valence electrons. The van der Waals surface area contributed by atoms with Crippen molar-refractivity contribution in [3.63, 3.8) is 0 Å². The fourth-order valence-corrected chi connectivity index (χ4v) is 3.37. The highest BCUT2D eigenvalue weighted by molar-refractivity contribution is 6.04. The minimum absolute atomic E-state index is 0.102. The molecular formula is C26H30N6O7. The van der Waals surface area contributed by atoms with Crippen LogP contribution in [0.25, 0.3) is 0 Å². The van der Waals surface area contributed by atoms with Gasteiger partial charge in [0.1, 0.15) is 28.9 Å². The fourth-order valence-electron chi connectivity index (χ4n) is 3.37. The number of aliphatic hydroxyl groups excluding tert-OH is 1. The van der Waals surface area contributed by atoms with Gasteiger partial charge in [-0.1, -0.05) is 0 Å². The second-order valence-corrected chi connectivity index (χ2v) is 9.87. The number of rotatable bonds is 8. The lowest BCUT2D eigenvalue weighted by molar-refractivity contribution is 0.0514. The summed E-state index contributed by atoms with van der Waals surface area (Å²) in [6.07, 6.45) is 3.75. The van der Waals surface area contributed by atoms with Crippen molar-refractivity contribution >= 4 is 23.7 Å². The van der Waals surface area contributed by atoms with Crippen LogP contribution in [-0.4, -0.2) is 79.1 Å². The van der Waals surface area contributed by atoms with Gasteiger partial charge in [-0.15, -0.1) is 5.10 Å². The number of carbonyl (C=O) groups excluding carboxylic acids is 3. The molecule has 0 saturated carbocycles. The molecule has 1 atom stereocenters. The maximum absolute atomic E-state index is 13.0. The predicted molar refractivity (Wildman–Crippen MR) is 138 cm³/mol. The number of nitrogens with zero attached hydrogens (tertiary/aromatic N) is 5. The predicted octanol–water partition coefficient (Wildman–Crippen LogP) is 3.11. The summed E-state index contributed by atoms with van der Waals surface area (Å²) in [5, 5.41) is 16.0. The molecule has 0 aliphatic carbocycles. The largest absolute Gasteiger partial charge is 0.488 e. The van der Waals surface area contributed by atoms with Gasteiger partial charge in [-0.2, -0.15) is 4.68 Å². The number of aromatic nitrogens is 4. The van der Waals surface area contributed by atoms with E-state index in [9.17, 15) is 19.5 Å². The quantitative estimate of drug-likeness (QED) is 0.436. The van der Waals surface area contributed by atoms with Crippen LogP contribution in [0.15, 0.2) is 42.9 Å². The third kappa shape index (κ3) is 7.29.